The molecular weight excluding hydrogens is 340 g/mol. The second-order valence-corrected chi connectivity index (χ2v) is 6.21. The van der Waals surface area contributed by atoms with Crippen LogP contribution < -0.4 is 16.4 Å². The van der Waals surface area contributed by atoms with E-state index in [1.54, 1.807) is 10.7 Å². The van der Waals surface area contributed by atoms with Gasteiger partial charge >= 0.3 is 6.03 Å². The van der Waals surface area contributed by atoms with Crippen molar-refractivity contribution in [2.24, 2.45) is 0 Å². The molecular formula is C20H18N6O. The molecule has 0 aliphatic carbocycles. The Morgan fingerprint density at radius 3 is 2.26 bits per heavy atom. The zero-order chi connectivity index (χ0) is 18.8. The van der Waals surface area contributed by atoms with Crippen molar-refractivity contribution in [2.75, 3.05) is 16.4 Å². The van der Waals surface area contributed by atoms with Crippen LogP contribution in [0, 0.1) is 6.92 Å². The zero-order valence-corrected chi connectivity index (χ0v) is 14.7. The first-order valence-corrected chi connectivity index (χ1v) is 8.45. The molecule has 2 aromatic heterocycles. The van der Waals surface area contributed by atoms with Crippen LogP contribution in [0.1, 0.15) is 5.56 Å². The highest BCUT2D eigenvalue weighted by atomic mass is 16.2. The van der Waals surface area contributed by atoms with Crippen LogP contribution in [0.5, 0.6) is 0 Å². The third kappa shape index (κ3) is 3.43. The quantitative estimate of drug-likeness (QED) is 0.517. The SMILES string of the molecule is Cc1ccc(NC(=O)Nc2ccc(-c3cccn4nnc(N)c34)cc2)cc1. The number of aromatic nitrogens is 3. The predicted molar refractivity (Wildman–Crippen MR) is 107 cm³/mol. The number of amides is 2. The molecule has 0 unspecified atom stereocenters. The van der Waals surface area contributed by atoms with Crippen LogP contribution in [0.15, 0.2) is 66.9 Å². The lowest BCUT2D eigenvalue weighted by molar-refractivity contribution is 0.262. The van der Waals surface area contributed by atoms with Gasteiger partial charge in [-0.25, -0.2) is 9.31 Å². The van der Waals surface area contributed by atoms with Gasteiger partial charge in [-0.2, -0.15) is 0 Å². The highest BCUT2D eigenvalue weighted by molar-refractivity contribution is 6.00. The van der Waals surface area contributed by atoms with Crippen molar-refractivity contribution >= 4 is 28.7 Å². The lowest BCUT2D eigenvalue weighted by Crippen LogP contribution is -2.19. The second kappa shape index (κ2) is 6.80. The molecule has 0 saturated heterocycles. The maximum atomic E-state index is 12.1. The number of hydrogen-bond donors (Lipinski definition) is 3. The molecule has 7 heteroatoms. The zero-order valence-electron chi connectivity index (χ0n) is 14.7. The Balaban J connectivity index is 1.51. The van der Waals surface area contributed by atoms with Crippen molar-refractivity contribution in [3.63, 3.8) is 0 Å². The smallest absolute Gasteiger partial charge is 0.323 e. The normalized spacial score (nSPS) is 10.7. The number of hydrogen-bond acceptors (Lipinski definition) is 4. The number of nitrogens with zero attached hydrogens (tertiary/aromatic N) is 3. The average Bonchev–Trinajstić information content (AvgIpc) is 3.06. The fraction of sp³-hybridized carbons (Fsp3) is 0.0500. The van der Waals surface area contributed by atoms with Gasteiger partial charge in [0, 0.05) is 23.1 Å². The molecule has 0 radical (unpaired) electrons. The molecule has 0 atom stereocenters. The molecule has 0 fully saturated rings. The molecule has 2 amide bonds. The van der Waals surface area contributed by atoms with Gasteiger partial charge < -0.3 is 16.4 Å². The molecule has 0 spiro atoms. The van der Waals surface area contributed by atoms with Gasteiger partial charge in [-0.05, 0) is 42.8 Å². The Bertz CT molecular complexity index is 1100. The second-order valence-electron chi connectivity index (χ2n) is 6.21. The number of fused-ring (bicyclic) bond motifs is 1. The number of aryl methyl sites for hydroxylation is 1. The van der Waals surface area contributed by atoms with E-state index in [1.165, 1.54) is 0 Å². The minimum absolute atomic E-state index is 0.294. The van der Waals surface area contributed by atoms with Gasteiger partial charge in [-0.1, -0.05) is 41.1 Å². The summed E-state index contributed by atoms with van der Waals surface area (Å²) in [5.74, 6) is 0.380. The van der Waals surface area contributed by atoms with Crippen LogP contribution in [-0.2, 0) is 0 Å². The number of nitrogens with one attached hydrogen (secondary N) is 2. The van der Waals surface area contributed by atoms with E-state index in [2.05, 4.69) is 20.9 Å². The van der Waals surface area contributed by atoms with Crippen LogP contribution in [-0.4, -0.2) is 20.9 Å². The van der Waals surface area contributed by atoms with E-state index in [4.69, 9.17) is 5.73 Å². The van der Waals surface area contributed by atoms with Gasteiger partial charge in [0.25, 0.3) is 0 Å². The van der Waals surface area contributed by atoms with Gasteiger partial charge in [0.1, 0.15) is 5.52 Å². The Kier molecular flexibility index (Phi) is 4.18. The highest BCUT2D eigenvalue weighted by Crippen LogP contribution is 2.28. The third-order valence-corrected chi connectivity index (χ3v) is 4.23. The van der Waals surface area contributed by atoms with Crippen molar-refractivity contribution in [3.8, 4) is 11.1 Å². The maximum Gasteiger partial charge on any atom is 0.323 e. The molecule has 2 aromatic carbocycles. The number of carbonyl (C=O) groups is 1. The summed E-state index contributed by atoms with van der Waals surface area (Å²) >= 11 is 0. The topological polar surface area (TPSA) is 97.3 Å². The van der Waals surface area contributed by atoms with Gasteiger partial charge in [-0.15, -0.1) is 5.10 Å². The summed E-state index contributed by atoms with van der Waals surface area (Å²) in [6, 6.07) is 18.7. The maximum absolute atomic E-state index is 12.1. The highest BCUT2D eigenvalue weighted by Gasteiger charge is 2.10. The Hall–Kier alpha value is -3.87. The van der Waals surface area contributed by atoms with Crippen molar-refractivity contribution in [1.82, 2.24) is 14.8 Å². The van der Waals surface area contributed by atoms with Crippen LogP contribution in [0.3, 0.4) is 0 Å². The molecule has 134 valence electrons. The van der Waals surface area contributed by atoms with Gasteiger partial charge in [0.15, 0.2) is 5.82 Å². The van der Waals surface area contributed by atoms with E-state index in [0.717, 1.165) is 27.9 Å². The molecule has 4 rings (SSSR count). The van der Waals surface area contributed by atoms with Crippen molar-refractivity contribution in [1.29, 1.82) is 0 Å². The molecule has 0 bridgehead atoms. The Labute approximate surface area is 155 Å². The number of anilines is 3. The van der Waals surface area contributed by atoms with Crippen molar-refractivity contribution < 1.29 is 4.79 Å². The lowest BCUT2D eigenvalue weighted by Gasteiger charge is -2.09. The van der Waals surface area contributed by atoms with Crippen molar-refractivity contribution in [2.45, 2.75) is 6.92 Å². The van der Waals surface area contributed by atoms with Gasteiger partial charge in [-0.3, -0.25) is 0 Å². The first-order chi connectivity index (χ1) is 13.1. The number of pyridine rings is 1. The largest absolute Gasteiger partial charge is 0.380 e. The van der Waals surface area contributed by atoms with Crippen molar-refractivity contribution in [3.05, 3.63) is 72.4 Å². The van der Waals surface area contributed by atoms with E-state index in [-0.39, 0.29) is 6.03 Å². The number of nitrogens with two attached hydrogens (primary N) is 1. The molecule has 0 aliphatic heterocycles. The number of carbonyl (C=O) groups excluding carboxylic acids is 1. The molecule has 2 heterocycles. The summed E-state index contributed by atoms with van der Waals surface area (Å²) in [6.45, 7) is 2.00. The van der Waals surface area contributed by atoms with E-state index in [0.29, 0.717) is 11.5 Å². The minimum atomic E-state index is -0.294. The van der Waals surface area contributed by atoms with E-state index in [9.17, 15) is 4.79 Å². The monoisotopic (exact) mass is 358 g/mol. The number of urea groups is 1. The Morgan fingerprint density at radius 1 is 0.963 bits per heavy atom. The Morgan fingerprint density at radius 2 is 1.59 bits per heavy atom. The summed E-state index contributed by atoms with van der Waals surface area (Å²) < 4.78 is 1.64. The van der Waals surface area contributed by atoms with Crippen LogP contribution in [0.2, 0.25) is 0 Å². The van der Waals surface area contributed by atoms with E-state index < -0.39 is 0 Å². The van der Waals surface area contributed by atoms with Gasteiger partial charge in [0.05, 0.1) is 0 Å². The molecule has 0 aliphatic rings. The summed E-state index contributed by atoms with van der Waals surface area (Å²) in [7, 11) is 0. The molecule has 7 nitrogen and oxygen atoms in total. The predicted octanol–water partition coefficient (Wildman–Crippen LogP) is 3.93. The minimum Gasteiger partial charge on any atom is -0.380 e. The van der Waals surface area contributed by atoms with Crippen LogP contribution >= 0.6 is 0 Å². The summed E-state index contributed by atoms with van der Waals surface area (Å²) in [5.41, 5.74) is 11.1. The van der Waals surface area contributed by atoms with E-state index in [1.807, 2.05) is 67.6 Å². The molecule has 0 saturated carbocycles. The fourth-order valence-corrected chi connectivity index (χ4v) is 2.87. The summed E-state index contributed by atoms with van der Waals surface area (Å²) in [6.07, 6.45) is 1.80. The molecule has 27 heavy (non-hydrogen) atoms. The number of nitrogen functional groups attached to an aromatic ring is 1. The first kappa shape index (κ1) is 16.6. The standard InChI is InChI=1S/C20H18N6O/c1-13-4-8-15(9-5-13)22-20(27)23-16-10-6-14(7-11-16)17-3-2-12-26-18(17)19(21)24-25-26/h2-12H,21H2,1H3,(H2,22,23,27). The summed E-state index contributed by atoms with van der Waals surface area (Å²) in [4.78, 5) is 12.1. The first-order valence-electron chi connectivity index (χ1n) is 8.45. The van der Waals surface area contributed by atoms with Gasteiger partial charge in [0.2, 0.25) is 0 Å². The average molecular weight is 358 g/mol. The van der Waals surface area contributed by atoms with E-state index >= 15 is 0 Å². The third-order valence-electron chi connectivity index (χ3n) is 4.23. The fourth-order valence-electron chi connectivity index (χ4n) is 2.87. The van der Waals surface area contributed by atoms with Crippen LogP contribution in [0.4, 0.5) is 22.0 Å². The van der Waals surface area contributed by atoms with Crippen LogP contribution in [0.25, 0.3) is 16.6 Å². The molecule has 4 N–H and O–H groups in total. The number of benzene rings is 2. The summed E-state index contributed by atoms with van der Waals surface area (Å²) in [5, 5.41) is 13.5. The number of rotatable bonds is 3. The molecule has 4 aromatic rings. The lowest BCUT2D eigenvalue weighted by atomic mass is 10.1.